The van der Waals surface area contributed by atoms with Gasteiger partial charge in [-0.2, -0.15) is 0 Å². The Labute approximate surface area is 112 Å². The van der Waals surface area contributed by atoms with Gasteiger partial charge < -0.3 is 15.2 Å². The monoisotopic (exact) mass is 264 g/mol. The van der Waals surface area contributed by atoms with Crippen LogP contribution in [-0.2, 0) is 6.54 Å². The van der Waals surface area contributed by atoms with Crippen molar-refractivity contribution < 1.29 is 0 Å². The van der Waals surface area contributed by atoms with Gasteiger partial charge in [0.1, 0.15) is 5.82 Å². The van der Waals surface area contributed by atoms with Gasteiger partial charge in [-0.3, -0.25) is 0 Å². The molecule has 2 N–H and O–H groups in total. The van der Waals surface area contributed by atoms with Gasteiger partial charge in [-0.15, -0.1) is 0 Å². The minimum atomic E-state index is 0.707. The van der Waals surface area contributed by atoms with E-state index in [-0.39, 0.29) is 0 Å². The molecule has 1 heterocycles. The van der Waals surface area contributed by atoms with Gasteiger partial charge in [-0.05, 0) is 25.1 Å². The predicted molar refractivity (Wildman–Crippen MR) is 76.4 cm³/mol. The summed E-state index contributed by atoms with van der Waals surface area (Å²) in [5.74, 6) is 0.924. The highest BCUT2D eigenvalue weighted by molar-refractivity contribution is 6.33. The van der Waals surface area contributed by atoms with E-state index in [1.54, 1.807) is 0 Å². The molecule has 0 saturated carbocycles. The Morgan fingerprint density at radius 2 is 2.17 bits per heavy atom. The van der Waals surface area contributed by atoms with Gasteiger partial charge in [0.2, 0.25) is 0 Å². The fraction of sp³-hybridized carbons (Fsp3) is 0.308. The average molecular weight is 265 g/mol. The molecule has 5 heteroatoms. The summed E-state index contributed by atoms with van der Waals surface area (Å²) < 4.78 is 0. The van der Waals surface area contributed by atoms with E-state index in [0.717, 1.165) is 27.9 Å². The normalized spacial score (nSPS) is 10.4. The van der Waals surface area contributed by atoms with Crippen LogP contribution < -0.4 is 10.2 Å². The molecule has 0 atom stereocenters. The fourth-order valence-electron chi connectivity index (χ4n) is 1.74. The highest BCUT2D eigenvalue weighted by Crippen LogP contribution is 2.27. The summed E-state index contributed by atoms with van der Waals surface area (Å²) in [7, 11) is 3.95. The molecule has 1 aromatic heterocycles. The number of hydrogen-bond donors (Lipinski definition) is 2. The first-order chi connectivity index (χ1) is 8.56. The number of hydrogen-bond acceptors (Lipinski definition) is 3. The van der Waals surface area contributed by atoms with Crippen molar-refractivity contribution in [3.05, 3.63) is 40.9 Å². The van der Waals surface area contributed by atoms with Crippen molar-refractivity contribution in [1.82, 2.24) is 9.97 Å². The topological polar surface area (TPSA) is 44.0 Å². The molecule has 0 saturated heterocycles. The molecule has 96 valence electrons. The third kappa shape index (κ3) is 2.96. The number of H-pyrrole nitrogens is 1. The lowest BCUT2D eigenvalue weighted by Gasteiger charge is -2.15. The van der Waals surface area contributed by atoms with Crippen LogP contribution in [0, 0.1) is 6.92 Å². The number of halogens is 1. The van der Waals surface area contributed by atoms with Crippen molar-refractivity contribution in [2.24, 2.45) is 0 Å². The van der Waals surface area contributed by atoms with E-state index in [1.165, 1.54) is 0 Å². The number of aryl methyl sites for hydroxylation is 1. The van der Waals surface area contributed by atoms with Crippen LogP contribution >= 0.6 is 11.6 Å². The van der Waals surface area contributed by atoms with Gasteiger partial charge in [-0.1, -0.05) is 11.6 Å². The van der Waals surface area contributed by atoms with Crippen molar-refractivity contribution in [1.29, 1.82) is 0 Å². The minimum absolute atomic E-state index is 0.707. The summed E-state index contributed by atoms with van der Waals surface area (Å²) in [4.78, 5) is 9.32. The van der Waals surface area contributed by atoms with Crippen molar-refractivity contribution in [3.8, 4) is 0 Å². The van der Waals surface area contributed by atoms with E-state index in [0.29, 0.717) is 6.54 Å². The van der Waals surface area contributed by atoms with E-state index < -0.39 is 0 Å². The largest absolute Gasteiger partial charge is 0.379 e. The molecule has 0 aliphatic rings. The molecule has 0 bridgehead atoms. The van der Waals surface area contributed by atoms with Crippen LogP contribution in [0.3, 0.4) is 0 Å². The Morgan fingerprint density at radius 1 is 1.39 bits per heavy atom. The lowest BCUT2D eigenvalue weighted by atomic mass is 10.2. The molecule has 0 spiro atoms. The van der Waals surface area contributed by atoms with Crippen molar-refractivity contribution in [3.63, 3.8) is 0 Å². The maximum atomic E-state index is 6.21. The minimum Gasteiger partial charge on any atom is -0.379 e. The van der Waals surface area contributed by atoms with Gasteiger partial charge in [0.25, 0.3) is 0 Å². The molecule has 0 fully saturated rings. The summed E-state index contributed by atoms with van der Waals surface area (Å²) in [6, 6.07) is 5.95. The quantitative estimate of drug-likeness (QED) is 0.892. The Morgan fingerprint density at radius 3 is 2.72 bits per heavy atom. The Balaban J connectivity index is 2.04. The molecule has 0 radical (unpaired) electrons. The van der Waals surface area contributed by atoms with Gasteiger partial charge in [-0.25, -0.2) is 4.98 Å². The van der Waals surface area contributed by atoms with E-state index in [1.807, 2.05) is 50.3 Å². The Kier molecular flexibility index (Phi) is 3.77. The maximum absolute atomic E-state index is 6.21. The SMILES string of the molecule is Cc1ncc(CNc2ccc(N(C)C)c(Cl)c2)[nH]1. The molecular formula is C13H17ClN4. The second-order valence-corrected chi connectivity index (χ2v) is 4.82. The van der Waals surface area contributed by atoms with E-state index in [9.17, 15) is 0 Å². The summed E-state index contributed by atoms with van der Waals surface area (Å²) in [6.07, 6.45) is 1.83. The van der Waals surface area contributed by atoms with Crippen molar-refractivity contribution in [2.75, 3.05) is 24.3 Å². The number of rotatable bonds is 4. The third-order valence-corrected chi connectivity index (χ3v) is 2.97. The number of nitrogens with zero attached hydrogens (tertiary/aromatic N) is 2. The van der Waals surface area contributed by atoms with Crippen LogP contribution in [0.4, 0.5) is 11.4 Å². The number of nitrogens with one attached hydrogen (secondary N) is 2. The first-order valence-electron chi connectivity index (χ1n) is 5.77. The first-order valence-corrected chi connectivity index (χ1v) is 6.15. The molecule has 1 aromatic carbocycles. The summed E-state index contributed by atoms with van der Waals surface area (Å²) in [5.41, 5.74) is 3.07. The summed E-state index contributed by atoms with van der Waals surface area (Å²) in [5, 5.41) is 4.05. The van der Waals surface area contributed by atoms with Crippen molar-refractivity contribution >= 4 is 23.0 Å². The average Bonchev–Trinajstić information content (AvgIpc) is 2.72. The summed E-state index contributed by atoms with van der Waals surface area (Å²) >= 11 is 6.21. The fourth-order valence-corrected chi connectivity index (χ4v) is 2.09. The lowest BCUT2D eigenvalue weighted by molar-refractivity contribution is 1.05. The van der Waals surface area contributed by atoms with E-state index in [2.05, 4.69) is 15.3 Å². The van der Waals surface area contributed by atoms with Crippen LogP contribution in [0.2, 0.25) is 5.02 Å². The van der Waals surface area contributed by atoms with Gasteiger partial charge in [0.05, 0.1) is 29.1 Å². The van der Waals surface area contributed by atoms with Gasteiger partial charge >= 0.3 is 0 Å². The number of benzene rings is 1. The molecule has 0 aliphatic heterocycles. The molecule has 0 unspecified atom stereocenters. The highest BCUT2D eigenvalue weighted by atomic mass is 35.5. The number of imidazole rings is 1. The van der Waals surface area contributed by atoms with Gasteiger partial charge in [0.15, 0.2) is 0 Å². The van der Waals surface area contributed by atoms with Crippen LogP contribution in [0.15, 0.2) is 24.4 Å². The Bertz CT molecular complexity index is 534. The highest BCUT2D eigenvalue weighted by Gasteiger charge is 2.04. The smallest absolute Gasteiger partial charge is 0.103 e. The van der Waals surface area contributed by atoms with E-state index in [4.69, 9.17) is 11.6 Å². The third-order valence-electron chi connectivity index (χ3n) is 2.67. The number of anilines is 2. The zero-order valence-corrected chi connectivity index (χ0v) is 11.5. The summed E-state index contributed by atoms with van der Waals surface area (Å²) in [6.45, 7) is 2.64. The second kappa shape index (κ2) is 5.31. The molecule has 0 aliphatic carbocycles. The predicted octanol–water partition coefficient (Wildman–Crippen LogP) is 3.05. The van der Waals surface area contributed by atoms with Crippen LogP contribution in [0.1, 0.15) is 11.5 Å². The molecular weight excluding hydrogens is 248 g/mol. The molecule has 2 rings (SSSR count). The zero-order chi connectivity index (χ0) is 13.1. The molecule has 0 amide bonds. The molecule has 4 nitrogen and oxygen atoms in total. The maximum Gasteiger partial charge on any atom is 0.103 e. The van der Waals surface area contributed by atoms with Crippen LogP contribution in [-0.4, -0.2) is 24.1 Å². The number of aromatic amines is 1. The van der Waals surface area contributed by atoms with Crippen LogP contribution in [0.5, 0.6) is 0 Å². The second-order valence-electron chi connectivity index (χ2n) is 4.41. The van der Waals surface area contributed by atoms with E-state index >= 15 is 0 Å². The van der Waals surface area contributed by atoms with Crippen LogP contribution in [0.25, 0.3) is 0 Å². The van der Waals surface area contributed by atoms with Crippen molar-refractivity contribution in [2.45, 2.75) is 13.5 Å². The standard InChI is InChI=1S/C13H17ClN4/c1-9-15-7-11(17-9)8-16-10-4-5-13(18(2)3)12(14)6-10/h4-7,16H,8H2,1-3H3,(H,15,17). The van der Waals surface area contributed by atoms with Gasteiger partial charge in [0, 0.05) is 19.8 Å². The Hall–Kier alpha value is -1.68. The lowest BCUT2D eigenvalue weighted by Crippen LogP contribution is -2.09. The molecule has 2 aromatic rings. The molecule has 18 heavy (non-hydrogen) atoms. The zero-order valence-electron chi connectivity index (χ0n) is 10.8. The number of aromatic nitrogens is 2. The first kappa shape index (κ1) is 12.8.